The predicted molar refractivity (Wildman–Crippen MR) is 93.7 cm³/mol. The Kier molecular flexibility index (Phi) is 4.01. The first-order chi connectivity index (χ1) is 11.8. The van der Waals surface area contributed by atoms with Crippen LogP contribution >= 0.6 is 0 Å². The summed E-state index contributed by atoms with van der Waals surface area (Å²) in [7, 11) is 0. The van der Waals surface area contributed by atoms with Gasteiger partial charge in [0.2, 0.25) is 0 Å². The Hall–Kier alpha value is -1.00. The molecule has 0 spiro atoms. The minimum atomic E-state index is -0.430. The number of aliphatic hydroxyl groups is 2. The summed E-state index contributed by atoms with van der Waals surface area (Å²) in [5.74, 6) is 1.12. The predicted octanol–water partition coefficient (Wildman–Crippen LogP) is 2.67. The average Bonchev–Trinajstić information content (AvgIpc) is 2.91. The molecule has 4 aliphatic rings. The second-order valence-corrected chi connectivity index (χ2v) is 9.42. The zero-order chi connectivity index (χ0) is 18.0. The maximum Gasteiger partial charge on any atom is 0.161 e. The molecule has 0 amide bonds. The van der Waals surface area contributed by atoms with E-state index < -0.39 is 6.10 Å². The van der Waals surface area contributed by atoms with E-state index in [1.807, 2.05) is 6.08 Å². The van der Waals surface area contributed by atoms with Crippen LogP contribution in [0.3, 0.4) is 0 Å². The minimum absolute atomic E-state index is 0.0541. The van der Waals surface area contributed by atoms with Crippen LogP contribution in [-0.4, -0.2) is 34.5 Å². The number of allylic oxidation sites excluding steroid dienone is 1. The van der Waals surface area contributed by atoms with Gasteiger partial charge in [-0.15, -0.1) is 0 Å². The van der Waals surface area contributed by atoms with E-state index in [2.05, 4.69) is 13.8 Å². The molecule has 1 unspecified atom stereocenters. The van der Waals surface area contributed by atoms with Crippen LogP contribution in [-0.2, 0) is 9.59 Å². The first-order valence-corrected chi connectivity index (χ1v) is 9.87. The molecular formula is C21H30O4. The highest BCUT2D eigenvalue weighted by Crippen LogP contribution is 2.66. The second kappa shape index (κ2) is 5.75. The number of rotatable bonds is 2. The quantitative estimate of drug-likeness (QED) is 0.806. The molecule has 0 saturated heterocycles. The monoisotopic (exact) mass is 346 g/mol. The minimum Gasteiger partial charge on any atom is -0.393 e. The topological polar surface area (TPSA) is 74.6 Å². The van der Waals surface area contributed by atoms with Crippen LogP contribution in [0.5, 0.6) is 0 Å². The lowest BCUT2D eigenvalue weighted by Crippen LogP contribution is -2.57. The SMILES string of the molecule is C[C@]12C[C@H](O)[C@H]3C(CCC4=CC(=O)CC[C@@]43C)[C@@H]1CC[C@@H]2C(=O)CO. The van der Waals surface area contributed by atoms with Gasteiger partial charge in [0.15, 0.2) is 11.6 Å². The number of aliphatic hydroxyl groups excluding tert-OH is 2. The number of carbonyl (C=O) groups is 2. The van der Waals surface area contributed by atoms with E-state index in [0.29, 0.717) is 24.7 Å². The summed E-state index contributed by atoms with van der Waals surface area (Å²) in [4.78, 5) is 24.2. The van der Waals surface area contributed by atoms with Gasteiger partial charge in [-0.25, -0.2) is 0 Å². The Balaban J connectivity index is 1.70. The van der Waals surface area contributed by atoms with Gasteiger partial charge in [-0.3, -0.25) is 9.59 Å². The van der Waals surface area contributed by atoms with Crippen molar-refractivity contribution in [2.45, 2.75) is 64.9 Å². The third kappa shape index (κ3) is 2.33. The normalized spacial score (nSPS) is 49.0. The van der Waals surface area contributed by atoms with Gasteiger partial charge < -0.3 is 10.2 Å². The van der Waals surface area contributed by atoms with E-state index in [9.17, 15) is 19.8 Å². The number of Topliss-reactive ketones (excluding diaryl/α,β-unsaturated/α-hetero) is 1. The molecule has 4 nitrogen and oxygen atoms in total. The van der Waals surface area contributed by atoms with Crippen LogP contribution < -0.4 is 0 Å². The molecule has 25 heavy (non-hydrogen) atoms. The van der Waals surface area contributed by atoms with Crippen LogP contribution in [0.1, 0.15) is 58.8 Å². The fourth-order valence-corrected chi connectivity index (χ4v) is 7.33. The van der Waals surface area contributed by atoms with Gasteiger partial charge in [0.05, 0.1) is 6.10 Å². The van der Waals surface area contributed by atoms with Crippen molar-refractivity contribution in [2.24, 2.45) is 34.5 Å². The maximum atomic E-state index is 12.3. The highest BCUT2D eigenvalue weighted by atomic mass is 16.3. The second-order valence-electron chi connectivity index (χ2n) is 9.42. The number of fused-ring (bicyclic) bond motifs is 5. The summed E-state index contributed by atoms with van der Waals surface area (Å²) in [5.41, 5.74) is 0.979. The van der Waals surface area contributed by atoms with E-state index in [1.54, 1.807) is 0 Å². The lowest BCUT2D eigenvalue weighted by atomic mass is 9.46. The Labute approximate surface area is 149 Å². The van der Waals surface area contributed by atoms with Crippen molar-refractivity contribution in [3.8, 4) is 0 Å². The average molecular weight is 346 g/mol. The number of ketones is 2. The summed E-state index contributed by atoms with van der Waals surface area (Å²) in [5, 5.41) is 20.5. The third-order valence-electron chi connectivity index (χ3n) is 8.44. The van der Waals surface area contributed by atoms with Gasteiger partial charge in [-0.2, -0.15) is 0 Å². The Morgan fingerprint density at radius 3 is 2.72 bits per heavy atom. The van der Waals surface area contributed by atoms with Crippen molar-refractivity contribution < 1.29 is 19.8 Å². The molecule has 7 atom stereocenters. The summed E-state index contributed by atoms with van der Waals surface area (Å²) in [6.45, 7) is 4.03. The molecule has 4 heteroatoms. The van der Waals surface area contributed by atoms with E-state index in [0.717, 1.165) is 32.1 Å². The molecule has 4 aliphatic carbocycles. The molecule has 3 fully saturated rings. The van der Waals surface area contributed by atoms with Crippen LogP contribution in [0.25, 0.3) is 0 Å². The van der Waals surface area contributed by atoms with Gasteiger partial charge in [0.25, 0.3) is 0 Å². The molecule has 0 aromatic heterocycles. The molecule has 0 aromatic rings. The zero-order valence-electron chi connectivity index (χ0n) is 15.3. The maximum absolute atomic E-state index is 12.3. The lowest BCUT2D eigenvalue weighted by molar-refractivity contribution is -0.146. The molecule has 0 aromatic carbocycles. The first-order valence-electron chi connectivity index (χ1n) is 9.87. The molecule has 0 aliphatic heterocycles. The van der Waals surface area contributed by atoms with E-state index >= 15 is 0 Å². The Morgan fingerprint density at radius 1 is 1.24 bits per heavy atom. The molecule has 0 radical (unpaired) electrons. The summed E-state index contributed by atoms with van der Waals surface area (Å²) < 4.78 is 0. The Morgan fingerprint density at radius 2 is 2.00 bits per heavy atom. The number of hydrogen-bond acceptors (Lipinski definition) is 4. The molecule has 0 heterocycles. The number of hydrogen-bond donors (Lipinski definition) is 2. The van der Waals surface area contributed by atoms with Crippen molar-refractivity contribution in [3.05, 3.63) is 11.6 Å². The van der Waals surface area contributed by atoms with Crippen molar-refractivity contribution >= 4 is 11.6 Å². The van der Waals surface area contributed by atoms with Crippen molar-refractivity contribution in [3.63, 3.8) is 0 Å². The highest BCUT2D eigenvalue weighted by Gasteiger charge is 2.62. The lowest BCUT2D eigenvalue weighted by Gasteiger charge is -2.59. The van der Waals surface area contributed by atoms with E-state index in [1.165, 1.54) is 5.57 Å². The third-order valence-corrected chi connectivity index (χ3v) is 8.44. The Bertz CT molecular complexity index is 638. The molecule has 3 saturated carbocycles. The highest BCUT2D eigenvalue weighted by molar-refractivity contribution is 5.91. The van der Waals surface area contributed by atoms with Crippen LogP contribution in [0.15, 0.2) is 11.6 Å². The fraction of sp³-hybridized carbons (Fsp3) is 0.810. The smallest absolute Gasteiger partial charge is 0.161 e. The van der Waals surface area contributed by atoms with Crippen LogP contribution in [0.2, 0.25) is 0 Å². The zero-order valence-corrected chi connectivity index (χ0v) is 15.3. The van der Waals surface area contributed by atoms with Gasteiger partial charge in [0, 0.05) is 12.3 Å². The van der Waals surface area contributed by atoms with Gasteiger partial charge in [-0.05, 0) is 73.2 Å². The van der Waals surface area contributed by atoms with Gasteiger partial charge in [0.1, 0.15) is 6.61 Å². The molecule has 138 valence electrons. The first kappa shape index (κ1) is 17.4. The van der Waals surface area contributed by atoms with E-state index in [4.69, 9.17) is 0 Å². The summed E-state index contributed by atoms with van der Waals surface area (Å²) in [6.07, 6.45) is 7.32. The summed E-state index contributed by atoms with van der Waals surface area (Å²) >= 11 is 0. The van der Waals surface area contributed by atoms with Crippen molar-refractivity contribution in [1.29, 1.82) is 0 Å². The molecular weight excluding hydrogens is 316 g/mol. The van der Waals surface area contributed by atoms with E-state index in [-0.39, 0.29) is 40.8 Å². The molecule has 4 rings (SSSR count). The number of carbonyl (C=O) groups excluding carboxylic acids is 2. The fourth-order valence-electron chi connectivity index (χ4n) is 7.33. The molecule has 0 bridgehead atoms. The largest absolute Gasteiger partial charge is 0.393 e. The van der Waals surface area contributed by atoms with Crippen LogP contribution in [0, 0.1) is 34.5 Å². The molecule has 2 N–H and O–H groups in total. The van der Waals surface area contributed by atoms with Gasteiger partial charge in [-0.1, -0.05) is 19.4 Å². The van der Waals surface area contributed by atoms with Gasteiger partial charge >= 0.3 is 0 Å². The van der Waals surface area contributed by atoms with Crippen molar-refractivity contribution in [1.82, 2.24) is 0 Å². The van der Waals surface area contributed by atoms with Crippen LogP contribution in [0.4, 0.5) is 0 Å². The van der Waals surface area contributed by atoms with Crippen molar-refractivity contribution in [2.75, 3.05) is 6.61 Å². The summed E-state index contributed by atoms with van der Waals surface area (Å²) in [6, 6.07) is 0. The standard InChI is InChI=1S/C21H30O4/c1-20-8-7-13(23)9-12(20)3-4-14-15-5-6-16(18(25)11-22)21(15,2)10-17(24)19(14)20/h9,14-17,19,22,24H,3-8,10-11H2,1-2H3/t14?,15-,16+,17-,19+,20-,21-/m0/s1.